The first-order chi connectivity index (χ1) is 9.01. The fourth-order valence-electron chi connectivity index (χ4n) is 1.36. The molecule has 2 rings (SSSR count). The van der Waals surface area contributed by atoms with Crippen molar-refractivity contribution in [2.45, 2.75) is 10.1 Å². The van der Waals surface area contributed by atoms with Crippen molar-refractivity contribution < 1.29 is 0 Å². The lowest BCUT2D eigenvalue weighted by atomic mass is 10.2. The standard InChI is InChI=1S/C11H9N5O2S/c1-16-11(14-9(17)10(18)15-16)19-8-3-2-6(5-12)4-7(8)13/h2-4H,13H2,1H3,(H,15,18). The quantitative estimate of drug-likeness (QED) is 0.591. The molecule has 1 aromatic heterocycles. The van der Waals surface area contributed by atoms with Gasteiger partial charge in [0.05, 0.1) is 11.6 Å². The molecule has 0 radical (unpaired) electrons. The number of nitrogens with zero attached hydrogens (tertiary/aromatic N) is 3. The van der Waals surface area contributed by atoms with Gasteiger partial charge in [0, 0.05) is 17.6 Å². The van der Waals surface area contributed by atoms with Crippen molar-refractivity contribution in [3.05, 3.63) is 44.5 Å². The summed E-state index contributed by atoms with van der Waals surface area (Å²) in [5.41, 5.74) is 5.03. The number of rotatable bonds is 2. The third-order valence-electron chi connectivity index (χ3n) is 2.29. The maximum absolute atomic E-state index is 11.2. The molecular formula is C11H9N5O2S. The van der Waals surface area contributed by atoms with Gasteiger partial charge in [0.15, 0.2) is 5.16 Å². The third kappa shape index (κ3) is 2.66. The van der Waals surface area contributed by atoms with Crippen LogP contribution in [0.5, 0.6) is 0 Å². The Labute approximate surface area is 111 Å². The largest absolute Gasteiger partial charge is 0.398 e. The number of aromatic nitrogens is 3. The topological polar surface area (TPSA) is 118 Å². The van der Waals surface area contributed by atoms with Gasteiger partial charge in [-0.15, -0.1) is 0 Å². The van der Waals surface area contributed by atoms with Crippen molar-refractivity contribution in [2.24, 2.45) is 7.05 Å². The van der Waals surface area contributed by atoms with Crippen LogP contribution in [0.1, 0.15) is 5.56 Å². The molecule has 2 aromatic rings. The van der Waals surface area contributed by atoms with Crippen molar-refractivity contribution in [1.82, 2.24) is 14.8 Å². The second-order valence-electron chi connectivity index (χ2n) is 3.67. The second-order valence-corrected chi connectivity index (χ2v) is 4.68. The number of anilines is 1. The van der Waals surface area contributed by atoms with Gasteiger partial charge >= 0.3 is 11.1 Å². The lowest BCUT2D eigenvalue weighted by Gasteiger charge is -2.07. The molecule has 0 aliphatic rings. The monoisotopic (exact) mass is 275 g/mol. The summed E-state index contributed by atoms with van der Waals surface area (Å²) in [6, 6.07) is 6.79. The van der Waals surface area contributed by atoms with Crippen LogP contribution >= 0.6 is 11.8 Å². The molecule has 0 amide bonds. The highest BCUT2D eigenvalue weighted by Crippen LogP contribution is 2.30. The van der Waals surface area contributed by atoms with Crippen LogP contribution < -0.4 is 16.9 Å². The van der Waals surface area contributed by atoms with Crippen molar-refractivity contribution in [1.29, 1.82) is 5.26 Å². The summed E-state index contributed by atoms with van der Waals surface area (Å²) in [6.45, 7) is 0. The van der Waals surface area contributed by atoms with E-state index in [2.05, 4.69) is 10.1 Å². The Balaban J connectivity index is 2.42. The molecule has 0 unspecified atom stereocenters. The molecule has 96 valence electrons. The highest BCUT2D eigenvalue weighted by Gasteiger charge is 2.08. The lowest BCUT2D eigenvalue weighted by molar-refractivity contribution is 0.596. The molecule has 0 atom stereocenters. The molecule has 19 heavy (non-hydrogen) atoms. The minimum absolute atomic E-state index is 0.306. The summed E-state index contributed by atoms with van der Waals surface area (Å²) < 4.78 is 1.34. The lowest BCUT2D eigenvalue weighted by Crippen LogP contribution is -2.33. The second kappa shape index (κ2) is 4.99. The molecule has 1 heterocycles. The molecular weight excluding hydrogens is 266 g/mol. The molecule has 0 spiro atoms. The van der Waals surface area contributed by atoms with E-state index in [1.165, 1.54) is 10.7 Å². The third-order valence-corrected chi connectivity index (χ3v) is 3.43. The molecule has 0 fully saturated rings. The maximum atomic E-state index is 11.2. The minimum Gasteiger partial charge on any atom is -0.398 e. The van der Waals surface area contributed by atoms with Gasteiger partial charge in [0.25, 0.3) is 0 Å². The Bertz CT molecular complexity index is 787. The minimum atomic E-state index is -0.854. The van der Waals surface area contributed by atoms with Crippen molar-refractivity contribution in [2.75, 3.05) is 5.73 Å². The van der Waals surface area contributed by atoms with E-state index in [1.54, 1.807) is 19.2 Å². The first-order valence-corrected chi connectivity index (χ1v) is 5.97. The average Bonchev–Trinajstić information content (AvgIpc) is 2.38. The smallest absolute Gasteiger partial charge is 0.339 e. The van der Waals surface area contributed by atoms with Gasteiger partial charge in [0.1, 0.15) is 0 Å². The maximum Gasteiger partial charge on any atom is 0.339 e. The van der Waals surface area contributed by atoms with Gasteiger partial charge in [-0.05, 0) is 30.0 Å². The zero-order valence-electron chi connectivity index (χ0n) is 9.88. The zero-order valence-corrected chi connectivity index (χ0v) is 10.7. The van der Waals surface area contributed by atoms with E-state index in [0.717, 1.165) is 11.8 Å². The molecule has 7 nitrogen and oxygen atoms in total. The Kier molecular flexibility index (Phi) is 3.39. The van der Waals surface area contributed by atoms with E-state index >= 15 is 0 Å². The van der Waals surface area contributed by atoms with Crippen LogP contribution in [0.25, 0.3) is 0 Å². The summed E-state index contributed by atoms with van der Waals surface area (Å²) in [5.74, 6) is 0. The van der Waals surface area contributed by atoms with Crippen molar-refractivity contribution >= 4 is 17.4 Å². The highest BCUT2D eigenvalue weighted by molar-refractivity contribution is 7.99. The molecule has 0 aliphatic carbocycles. The highest BCUT2D eigenvalue weighted by atomic mass is 32.2. The van der Waals surface area contributed by atoms with E-state index in [-0.39, 0.29) is 0 Å². The molecule has 3 N–H and O–H groups in total. The fraction of sp³-hybridized carbons (Fsp3) is 0.0909. The molecule has 0 aliphatic heterocycles. The summed E-state index contributed by atoms with van der Waals surface area (Å²) in [6.07, 6.45) is 0. The molecule has 0 bridgehead atoms. The van der Waals surface area contributed by atoms with Crippen LogP contribution in [0.2, 0.25) is 0 Å². The normalized spacial score (nSPS) is 10.1. The van der Waals surface area contributed by atoms with Crippen LogP contribution in [-0.2, 0) is 7.05 Å². The van der Waals surface area contributed by atoms with Crippen molar-refractivity contribution in [3.8, 4) is 6.07 Å². The SMILES string of the molecule is Cn1[nH]c(=O)c(=O)nc1Sc1ccc(C#N)cc1N. The molecule has 0 saturated carbocycles. The number of benzene rings is 1. The Morgan fingerprint density at radius 2 is 2.21 bits per heavy atom. The van der Waals surface area contributed by atoms with Gasteiger partial charge in [-0.25, -0.2) is 0 Å². The number of nitrogens with two attached hydrogens (primary N) is 1. The zero-order chi connectivity index (χ0) is 14.0. The van der Waals surface area contributed by atoms with E-state index in [1.807, 2.05) is 6.07 Å². The van der Waals surface area contributed by atoms with E-state index < -0.39 is 11.1 Å². The number of H-pyrrole nitrogens is 1. The number of nitrogen functional groups attached to an aromatic ring is 1. The number of hydrogen-bond acceptors (Lipinski definition) is 6. The van der Waals surface area contributed by atoms with Gasteiger partial charge in [0.2, 0.25) is 0 Å². The first-order valence-electron chi connectivity index (χ1n) is 5.16. The summed E-state index contributed by atoms with van der Waals surface area (Å²) in [7, 11) is 1.57. The molecule has 8 heteroatoms. The van der Waals surface area contributed by atoms with Crippen LogP contribution in [0.4, 0.5) is 5.69 Å². The number of nitrogens with one attached hydrogen (secondary N) is 1. The Hall–Kier alpha value is -2.53. The number of aryl methyl sites for hydroxylation is 1. The number of aromatic amines is 1. The molecule has 1 aromatic carbocycles. The van der Waals surface area contributed by atoms with E-state index in [9.17, 15) is 9.59 Å². The van der Waals surface area contributed by atoms with Gasteiger partial charge in [-0.2, -0.15) is 10.2 Å². The van der Waals surface area contributed by atoms with Gasteiger partial charge in [-0.3, -0.25) is 19.4 Å². The van der Waals surface area contributed by atoms with E-state index in [0.29, 0.717) is 21.3 Å². The molecule has 0 saturated heterocycles. The number of hydrogen-bond donors (Lipinski definition) is 2. The predicted molar refractivity (Wildman–Crippen MR) is 69.8 cm³/mol. The van der Waals surface area contributed by atoms with Crippen LogP contribution in [0.3, 0.4) is 0 Å². The first kappa shape index (κ1) is 12.9. The van der Waals surface area contributed by atoms with Crippen molar-refractivity contribution in [3.63, 3.8) is 0 Å². The summed E-state index contributed by atoms with van der Waals surface area (Å²) in [4.78, 5) is 26.6. The van der Waals surface area contributed by atoms with Crippen LogP contribution in [0, 0.1) is 11.3 Å². The van der Waals surface area contributed by atoms with Crippen LogP contribution in [-0.4, -0.2) is 14.8 Å². The average molecular weight is 275 g/mol. The van der Waals surface area contributed by atoms with Gasteiger partial charge in [-0.1, -0.05) is 0 Å². The van der Waals surface area contributed by atoms with Gasteiger partial charge < -0.3 is 5.73 Å². The summed E-state index contributed by atoms with van der Waals surface area (Å²) in [5, 5.41) is 11.4. The predicted octanol–water partition coefficient (Wildman–Crippen LogP) is 0.0737. The Morgan fingerprint density at radius 3 is 2.84 bits per heavy atom. The van der Waals surface area contributed by atoms with Crippen LogP contribution in [0.15, 0.2) is 37.8 Å². The van der Waals surface area contributed by atoms with E-state index in [4.69, 9.17) is 11.0 Å². The summed E-state index contributed by atoms with van der Waals surface area (Å²) >= 11 is 1.13. The fourth-order valence-corrected chi connectivity index (χ4v) is 2.18. The number of nitriles is 1. The Morgan fingerprint density at radius 1 is 1.47 bits per heavy atom.